The van der Waals surface area contributed by atoms with E-state index in [1.165, 1.54) is 24.3 Å². The second-order valence-electron chi connectivity index (χ2n) is 6.35. The number of amides is 1. The third-order valence-corrected chi connectivity index (χ3v) is 4.55. The molecule has 3 aromatic carbocycles. The highest BCUT2D eigenvalue weighted by Gasteiger charge is 2.16. The van der Waals surface area contributed by atoms with Crippen LogP contribution in [0.5, 0.6) is 11.5 Å². The van der Waals surface area contributed by atoms with Crippen LogP contribution in [0.4, 0.5) is 5.69 Å². The molecule has 0 fully saturated rings. The first-order chi connectivity index (χ1) is 13.3. The normalized spacial score (nSPS) is 10.4. The second kappa shape index (κ2) is 8.15. The standard InChI is InChI=1S/C22H18ClNO4/c1-13-3-9-17(10-4-13)28-20-12-19(23)14(2)11-18(20)21(25)24-16-7-5-15(6-8-16)22(26)27/h3-12H,1-2H3,(H,24,25)(H,26,27). The summed E-state index contributed by atoms with van der Waals surface area (Å²) in [5, 5.41) is 12.2. The first-order valence-corrected chi connectivity index (χ1v) is 8.90. The molecule has 0 unspecified atom stereocenters. The molecule has 0 aromatic heterocycles. The summed E-state index contributed by atoms with van der Waals surface area (Å²) in [4.78, 5) is 23.8. The van der Waals surface area contributed by atoms with Crippen LogP contribution in [0.15, 0.2) is 60.7 Å². The Labute approximate surface area is 167 Å². The Morgan fingerprint density at radius 3 is 2.21 bits per heavy atom. The lowest BCUT2D eigenvalue weighted by molar-refractivity contribution is 0.0696. The van der Waals surface area contributed by atoms with Crippen molar-refractivity contribution in [1.29, 1.82) is 0 Å². The van der Waals surface area contributed by atoms with Gasteiger partial charge in [-0.2, -0.15) is 0 Å². The van der Waals surface area contributed by atoms with E-state index in [9.17, 15) is 9.59 Å². The van der Waals surface area contributed by atoms with E-state index in [1.54, 1.807) is 19.1 Å². The van der Waals surface area contributed by atoms with Crippen LogP contribution >= 0.6 is 11.6 Å². The van der Waals surface area contributed by atoms with Crippen molar-refractivity contribution < 1.29 is 19.4 Å². The van der Waals surface area contributed by atoms with Crippen molar-refractivity contribution in [3.63, 3.8) is 0 Å². The first-order valence-electron chi connectivity index (χ1n) is 8.53. The predicted octanol–water partition coefficient (Wildman–Crippen LogP) is 5.70. The molecule has 0 radical (unpaired) electrons. The third-order valence-electron chi connectivity index (χ3n) is 4.14. The molecule has 28 heavy (non-hydrogen) atoms. The number of halogens is 1. The average molecular weight is 396 g/mol. The lowest BCUT2D eigenvalue weighted by Gasteiger charge is -2.14. The summed E-state index contributed by atoms with van der Waals surface area (Å²) in [6.45, 7) is 3.78. The SMILES string of the molecule is Cc1ccc(Oc2cc(Cl)c(C)cc2C(=O)Nc2ccc(C(=O)O)cc2)cc1. The molecule has 0 aliphatic rings. The zero-order valence-electron chi connectivity index (χ0n) is 15.3. The van der Waals surface area contributed by atoms with Gasteiger partial charge in [-0.3, -0.25) is 4.79 Å². The minimum atomic E-state index is -1.03. The predicted molar refractivity (Wildman–Crippen MR) is 109 cm³/mol. The number of carboxylic acid groups (broad SMARTS) is 1. The van der Waals surface area contributed by atoms with Gasteiger partial charge in [0.25, 0.3) is 5.91 Å². The van der Waals surface area contributed by atoms with E-state index >= 15 is 0 Å². The Balaban J connectivity index is 1.88. The quantitative estimate of drug-likeness (QED) is 0.581. The van der Waals surface area contributed by atoms with Crippen molar-refractivity contribution in [2.45, 2.75) is 13.8 Å². The summed E-state index contributed by atoms with van der Waals surface area (Å²) < 4.78 is 5.89. The van der Waals surface area contributed by atoms with Crippen molar-refractivity contribution in [2.24, 2.45) is 0 Å². The first kappa shape index (κ1) is 19.5. The van der Waals surface area contributed by atoms with Gasteiger partial charge in [0.2, 0.25) is 0 Å². The maximum Gasteiger partial charge on any atom is 0.335 e. The molecule has 0 atom stereocenters. The smallest absolute Gasteiger partial charge is 0.335 e. The Kier molecular flexibility index (Phi) is 5.66. The maximum atomic E-state index is 12.8. The number of aromatic carboxylic acids is 1. The topological polar surface area (TPSA) is 75.6 Å². The molecule has 2 N–H and O–H groups in total. The molecule has 0 saturated carbocycles. The molecule has 0 bridgehead atoms. The van der Waals surface area contributed by atoms with Crippen LogP contribution in [0.25, 0.3) is 0 Å². The molecular formula is C22H18ClNO4. The van der Waals surface area contributed by atoms with Crippen LogP contribution in [0.1, 0.15) is 31.8 Å². The average Bonchev–Trinajstić information content (AvgIpc) is 2.66. The zero-order valence-corrected chi connectivity index (χ0v) is 16.1. The minimum Gasteiger partial charge on any atom is -0.478 e. The molecule has 0 spiro atoms. The number of carbonyl (C=O) groups excluding carboxylic acids is 1. The summed E-state index contributed by atoms with van der Waals surface area (Å²) >= 11 is 6.22. The van der Waals surface area contributed by atoms with E-state index < -0.39 is 5.97 Å². The third kappa shape index (κ3) is 4.50. The second-order valence-corrected chi connectivity index (χ2v) is 6.76. The van der Waals surface area contributed by atoms with Gasteiger partial charge in [0.15, 0.2) is 0 Å². The molecule has 142 valence electrons. The zero-order chi connectivity index (χ0) is 20.3. The molecular weight excluding hydrogens is 378 g/mol. The van der Waals surface area contributed by atoms with Gasteiger partial charge < -0.3 is 15.2 Å². The molecule has 6 heteroatoms. The molecule has 5 nitrogen and oxygen atoms in total. The van der Waals surface area contributed by atoms with E-state index in [1.807, 2.05) is 31.2 Å². The van der Waals surface area contributed by atoms with Gasteiger partial charge in [-0.1, -0.05) is 29.3 Å². The summed E-state index contributed by atoms with van der Waals surface area (Å²) in [6, 6.07) is 16.6. The van der Waals surface area contributed by atoms with Crippen LogP contribution in [0.3, 0.4) is 0 Å². The molecule has 0 aliphatic heterocycles. The van der Waals surface area contributed by atoms with Crippen LogP contribution in [0, 0.1) is 13.8 Å². The van der Waals surface area contributed by atoms with Gasteiger partial charge in [0.05, 0.1) is 11.1 Å². The maximum absolute atomic E-state index is 12.8. The van der Waals surface area contributed by atoms with E-state index in [2.05, 4.69) is 5.32 Å². The number of hydrogen-bond donors (Lipinski definition) is 2. The van der Waals surface area contributed by atoms with Gasteiger partial charge in [-0.15, -0.1) is 0 Å². The Bertz CT molecular complexity index is 1030. The summed E-state index contributed by atoms with van der Waals surface area (Å²) in [7, 11) is 0. The number of anilines is 1. The number of rotatable bonds is 5. The molecule has 3 rings (SSSR count). The number of aryl methyl sites for hydroxylation is 2. The highest BCUT2D eigenvalue weighted by atomic mass is 35.5. The Hall–Kier alpha value is -3.31. The summed E-state index contributed by atoms with van der Waals surface area (Å²) in [6.07, 6.45) is 0. The molecule has 1 amide bonds. The number of carboxylic acids is 1. The van der Waals surface area contributed by atoms with Gasteiger partial charge >= 0.3 is 5.97 Å². The minimum absolute atomic E-state index is 0.142. The van der Waals surface area contributed by atoms with Crippen molar-refractivity contribution in [1.82, 2.24) is 0 Å². The Morgan fingerprint density at radius 1 is 0.964 bits per heavy atom. The number of ether oxygens (including phenoxy) is 1. The molecule has 0 heterocycles. The van der Waals surface area contributed by atoms with Crippen LogP contribution in [-0.4, -0.2) is 17.0 Å². The van der Waals surface area contributed by atoms with Gasteiger partial charge in [-0.25, -0.2) is 4.79 Å². The van der Waals surface area contributed by atoms with Gasteiger partial charge in [-0.05, 0) is 61.9 Å². The number of benzene rings is 3. The van der Waals surface area contributed by atoms with E-state index in [0.717, 1.165) is 11.1 Å². The summed E-state index contributed by atoms with van der Waals surface area (Å²) in [5.41, 5.74) is 2.78. The molecule has 3 aromatic rings. The fourth-order valence-corrected chi connectivity index (χ4v) is 2.71. The van der Waals surface area contributed by atoms with Gasteiger partial charge in [0.1, 0.15) is 11.5 Å². The highest BCUT2D eigenvalue weighted by Crippen LogP contribution is 2.31. The lowest BCUT2D eigenvalue weighted by atomic mass is 10.1. The van der Waals surface area contributed by atoms with Crippen molar-refractivity contribution in [2.75, 3.05) is 5.32 Å². The number of nitrogens with one attached hydrogen (secondary N) is 1. The van der Waals surface area contributed by atoms with E-state index in [0.29, 0.717) is 27.8 Å². The molecule has 0 saturated heterocycles. The fourth-order valence-electron chi connectivity index (χ4n) is 2.55. The number of carbonyl (C=O) groups is 2. The van der Waals surface area contributed by atoms with Crippen molar-refractivity contribution in [3.8, 4) is 11.5 Å². The molecule has 0 aliphatic carbocycles. The van der Waals surface area contributed by atoms with Crippen molar-refractivity contribution in [3.05, 3.63) is 87.9 Å². The highest BCUT2D eigenvalue weighted by molar-refractivity contribution is 6.31. The Morgan fingerprint density at radius 2 is 1.61 bits per heavy atom. The largest absolute Gasteiger partial charge is 0.478 e. The van der Waals surface area contributed by atoms with Gasteiger partial charge in [0, 0.05) is 16.8 Å². The van der Waals surface area contributed by atoms with Crippen LogP contribution in [-0.2, 0) is 0 Å². The summed E-state index contributed by atoms with van der Waals surface area (Å²) in [5.74, 6) is -0.491. The van der Waals surface area contributed by atoms with Crippen LogP contribution in [0.2, 0.25) is 5.02 Å². The van der Waals surface area contributed by atoms with E-state index in [-0.39, 0.29) is 11.5 Å². The monoisotopic (exact) mass is 395 g/mol. The van der Waals surface area contributed by atoms with E-state index in [4.69, 9.17) is 21.4 Å². The van der Waals surface area contributed by atoms with Crippen molar-refractivity contribution >= 4 is 29.2 Å². The number of hydrogen-bond acceptors (Lipinski definition) is 3. The fraction of sp³-hybridized carbons (Fsp3) is 0.0909. The lowest BCUT2D eigenvalue weighted by Crippen LogP contribution is -2.13. The van der Waals surface area contributed by atoms with Crippen LogP contribution < -0.4 is 10.1 Å².